The third-order valence-electron chi connectivity index (χ3n) is 13.2. The Kier molecular flexibility index (Phi) is 6.19. The van der Waals surface area contributed by atoms with E-state index in [4.69, 9.17) is 0 Å². The van der Waals surface area contributed by atoms with Crippen molar-refractivity contribution in [1.82, 2.24) is 4.90 Å². The van der Waals surface area contributed by atoms with Gasteiger partial charge in [-0.25, -0.2) is 0 Å². The third-order valence-corrected chi connectivity index (χ3v) is 13.2. The Morgan fingerprint density at radius 1 is 0.794 bits per heavy atom. The molecule has 0 radical (unpaired) electrons. The van der Waals surface area contributed by atoms with Crippen LogP contribution in [0, 0.1) is 34.5 Å². The fraction of sp³-hybridized carbons (Fsp3) is 1.00. The molecule has 2 saturated heterocycles. The van der Waals surface area contributed by atoms with Crippen molar-refractivity contribution < 1.29 is 14.7 Å². The smallest absolute Gasteiger partial charge is 0.116 e. The Hall–Kier alpha value is -0.160. The molecule has 0 amide bonds. The van der Waals surface area contributed by atoms with Crippen LogP contribution in [-0.2, 0) is 0 Å². The summed E-state index contributed by atoms with van der Waals surface area (Å²) < 4.78 is 1.13. The van der Waals surface area contributed by atoms with Crippen LogP contribution in [0.15, 0.2) is 0 Å². The summed E-state index contributed by atoms with van der Waals surface area (Å²) in [5, 5.41) is 23.1. The number of likely N-dealkylation sites (N-methyl/N-ethyl adjacent to an activating group) is 1. The molecule has 6 aliphatic rings. The van der Waals surface area contributed by atoms with E-state index in [2.05, 4.69) is 25.8 Å². The van der Waals surface area contributed by atoms with Crippen LogP contribution in [0.3, 0.4) is 0 Å². The molecule has 194 valence electrons. The van der Waals surface area contributed by atoms with Crippen molar-refractivity contribution in [1.29, 1.82) is 0 Å². The minimum Gasteiger partial charge on any atom is -0.391 e. The van der Waals surface area contributed by atoms with Crippen LogP contribution < -0.4 is 0 Å². The predicted octanol–water partition coefficient (Wildman–Crippen LogP) is 4.82. The topological polar surface area (TPSA) is 43.7 Å². The van der Waals surface area contributed by atoms with E-state index < -0.39 is 0 Å². The van der Waals surface area contributed by atoms with Crippen LogP contribution in [-0.4, -0.2) is 77.1 Å². The van der Waals surface area contributed by atoms with Gasteiger partial charge in [-0.3, -0.25) is 4.90 Å². The zero-order valence-corrected chi connectivity index (χ0v) is 22.4. The number of rotatable bonds is 2. The molecule has 4 nitrogen and oxygen atoms in total. The number of nitrogens with zero attached hydrogens (tertiary/aromatic N) is 2. The van der Waals surface area contributed by atoms with Gasteiger partial charge in [-0.05, 0) is 113 Å². The lowest BCUT2D eigenvalue weighted by Crippen LogP contribution is -2.60. The highest BCUT2D eigenvalue weighted by molar-refractivity contribution is 5.13. The summed E-state index contributed by atoms with van der Waals surface area (Å²) in [4.78, 5) is 2.67. The molecule has 34 heavy (non-hydrogen) atoms. The number of aliphatic hydroxyl groups is 2. The molecule has 0 spiro atoms. The summed E-state index contributed by atoms with van der Waals surface area (Å²) in [6.07, 6.45) is 16.5. The van der Waals surface area contributed by atoms with E-state index in [1.54, 1.807) is 0 Å². The van der Waals surface area contributed by atoms with Gasteiger partial charge in [0.25, 0.3) is 0 Å². The van der Waals surface area contributed by atoms with Gasteiger partial charge in [0, 0.05) is 17.9 Å². The van der Waals surface area contributed by atoms with E-state index in [9.17, 15) is 10.2 Å². The van der Waals surface area contributed by atoms with E-state index >= 15 is 0 Å². The molecule has 0 aromatic rings. The van der Waals surface area contributed by atoms with Gasteiger partial charge in [0.05, 0.1) is 26.2 Å². The molecule has 2 aliphatic heterocycles. The SMILES string of the molecule is C[C@]12CCC3C(CC[C@H]4C[C@H](O)[C@@H](N5CCCCC5)C[C@]34C)C1C[C@H]([N+]1(C)CCCCC1)[C@@H]2O. The number of hydrogen-bond acceptors (Lipinski definition) is 3. The molecule has 6 rings (SSSR count). The molecule has 2 N–H and O–H groups in total. The van der Waals surface area contributed by atoms with E-state index in [0.717, 1.165) is 22.7 Å². The van der Waals surface area contributed by atoms with Crippen molar-refractivity contribution in [2.75, 3.05) is 33.2 Å². The quantitative estimate of drug-likeness (QED) is 0.565. The van der Waals surface area contributed by atoms with Gasteiger partial charge < -0.3 is 14.7 Å². The molecule has 10 atom stereocenters. The highest BCUT2D eigenvalue weighted by Gasteiger charge is 2.65. The summed E-state index contributed by atoms with van der Waals surface area (Å²) >= 11 is 0. The Morgan fingerprint density at radius 2 is 1.50 bits per heavy atom. The van der Waals surface area contributed by atoms with Gasteiger partial charge in [0.15, 0.2) is 0 Å². The molecule has 4 heteroatoms. The van der Waals surface area contributed by atoms with Crippen LogP contribution in [0.4, 0.5) is 0 Å². The van der Waals surface area contributed by atoms with Crippen LogP contribution in [0.1, 0.15) is 97.3 Å². The maximum Gasteiger partial charge on any atom is 0.116 e. The van der Waals surface area contributed by atoms with Gasteiger partial charge in [-0.15, -0.1) is 0 Å². The van der Waals surface area contributed by atoms with Crippen molar-refractivity contribution in [3.05, 3.63) is 0 Å². The van der Waals surface area contributed by atoms with Crippen molar-refractivity contribution in [3.63, 3.8) is 0 Å². The predicted molar refractivity (Wildman–Crippen MR) is 137 cm³/mol. The summed E-state index contributed by atoms with van der Waals surface area (Å²) in [6.45, 7) is 10.1. The molecule has 4 aliphatic carbocycles. The monoisotopic (exact) mass is 473 g/mol. The largest absolute Gasteiger partial charge is 0.391 e. The summed E-state index contributed by atoms with van der Waals surface area (Å²) in [5.41, 5.74) is 0.492. The molecule has 4 saturated carbocycles. The van der Waals surface area contributed by atoms with Gasteiger partial charge in [-0.2, -0.15) is 0 Å². The Morgan fingerprint density at radius 3 is 2.24 bits per heavy atom. The molecule has 6 fully saturated rings. The van der Waals surface area contributed by atoms with Gasteiger partial charge in [0.1, 0.15) is 12.1 Å². The highest BCUT2D eigenvalue weighted by atomic mass is 16.3. The Labute approximate surface area is 209 Å². The molecule has 0 bridgehead atoms. The summed E-state index contributed by atoms with van der Waals surface area (Å²) in [7, 11) is 2.47. The lowest BCUT2D eigenvalue weighted by Gasteiger charge is -2.62. The fourth-order valence-electron chi connectivity index (χ4n) is 11.0. The average molecular weight is 474 g/mol. The van der Waals surface area contributed by atoms with Crippen LogP contribution in [0.2, 0.25) is 0 Å². The minimum absolute atomic E-state index is 0.119. The lowest BCUT2D eigenvalue weighted by atomic mass is 9.44. The first-order valence-electron chi connectivity index (χ1n) is 15.2. The number of quaternary nitrogens is 1. The van der Waals surface area contributed by atoms with Crippen molar-refractivity contribution in [3.8, 4) is 0 Å². The molecule has 0 aromatic heterocycles. The van der Waals surface area contributed by atoms with Gasteiger partial charge >= 0.3 is 0 Å². The summed E-state index contributed by atoms with van der Waals surface area (Å²) in [5.74, 6) is 2.97. The molecule has 0 aromatic carbocycles. The van der Waals surface area contributed by atoms with Gasteiger partial charge in [0.2, 0.25) is 0 Å². The lowest BCUT2D eigenvalue weighted by molar-refractivity contribution is -0.940. The van der Waals surface area contributed by atoms with Crippen LogP contribution in [0.5, 0.6) is 0 Å². The third kappa shape index (κ3) is 3.59. The van der Waals surface area contributed by atoms with Gasteiger partial charge in [-0.1, -0.05) is 20.3 Å². The second-order valence-corrected chi connectivity index (χ2v) is 14.6. The first-order valence-corrected chi connectivity index (χ1v) is 15.2. The number of aliphatic hydroxyl groups excluding tert-OH is 2. The van der Waals surface area contributed by atoms with Crippen LogP contribution in [0.25, 0.3) is 0 Å². The molecular weight excluding hydrogens is 420 g/mol. The first kappa shape index (κ1) is 24.2. The number of likely N-dealkylation sites (tertiary alicyclic amines) is 2. The van der Waals surface area contributed by atoms with E-state index in [0.29, 0.717) is 29.3 Å². The minimum atomic E-state index is -0.124. The maximum absolute atomic E-state index is 11.8. The average Bonchev–Trinajstić information content (AvgIpc) is 3.12. The zero-order chi connectivity index (χ0) is 23.7. The summed E-state index contributed by atoms with van der Waals surface area (Å²) in [6, 6.07) is 0.835. The Balaban J connectivity index is 1.25. The number of fused-ring (bicyclic) bond motifs is 5. The number of piperidine rings is 2. The van der Waals surface area contributed by atoms with Crippen molar-refractivity contribution >= 4 is 0 Å². The second kappa shape index (κ2) is 8.71. The molecule has 3 unspecified atom stereocenters. The fourth-order valence-corrected chi connectivity index (χ4v) is 11.0. The first-order chi connectivity index (χ1) is 16.3. The molecule has 2 heterocycles. The number of hydrogen-bond donors (Lipinski definition) is 2. The standard InChI is InChI=1S/C30H53N2O2/c1-29-13-12-23-22(24(29)19-26(28(29)34)32(3)16-8-5-9-17-32)11-10-21-18-27(33)25(20-30(21,23)2)31-14-6-4-7-15-31/h21-28,33-34H,4-20H2,1-3H3/q+1/t21-,22?,23?,24?,25-,26-,27-,28-,29-,30-/m0/s1. The highest BCUT2D eigenvalue weighted by Crippen LogP contribution is 2.67. The van der Waals surface area contributed by atoms with E-state index in [-0.39, 0.29) is 17.6 Å². The zero-order valence-electron chi connectivity index (χ0n) is 22.4. The second-order valence-electron chi connectivity index (χ2n) is 14.6. The maximum atomic E-state index is 11.8. The molecular formula is C30H53N2O2+. The van der Waals surface area contributed by atoms with E-state index in [1.807, 2.05) is 0 Å². The van der Waals surface area contributed by atoms with Crippen LogP contribution >= 0.6 is 0 Å². The van der Waals surface area contributed by atoms with Crippen molar-refractivity contribution in [2.24, 2.45) is 34.5 Å². The van der Waals surface area contributed by atoms with Crippen molar-refractivity contribution in [2.45, 2.75) is 122 Å². The normalized spacial score (nSPS) is 53.6. The Bertz CT molecular complexity index is 746. The van der Waals surface area contributed by atoms with E-state index in [1.165, 1.54) is 103 Å².